The third kappa shape index (κ3) is 4.48. The predicted molar refractivity (Wildman–Crippen MR) is 102 cm³/mol. The number of para-hydroxylation sites is 1. The van der Waals surface area contributed by atoms with Crippen LogP contribution in [-0.2, 0) is 14.3 Å². The van der Waals surface area contributed by atoms with Gasteiger partial charge < -0.3 is 24.4 Å². The first-order chi connectivity index (χ1) is 13.3. The molecule has 27 heavy (non-hydrogen) atoms. The van der Waals surface area contributed by atoms with Crippen LogP contribution in [0.5, 0.6) is 5.75 Å². The van der Waals surface area contributed by atoms with Gasteiger partial charge in [-0.25, -0.2) is 4.98 Å². The number of morpholine rings is 1. The number of pyridine rings is 1. The molecule has 2 saturated heterocycles. The van der Waals surface area contributed by atoms with E-state index >= 15 is 0 Å². The average molecular weight is 371 g/mol. The predicted octanol–water partition coefficient (Wildman–Crippen LogP) is 1.75. The Labute approximate surface area is 158 Å². The molecule has 2 aromatic rings. The first-order valence-corrected chi connectivity index (χ1v) is 9.53. The van der Waals surface area contributed by atoms with E-state index in [0.717, 1.165) is 49.3 Å². The number of carbonyl (C=O) groups is 1. The Morgan fingerprint density at radius 1 is 1.22 bits per heavy atom. The first kappa shape index (κ1) is 18.0. The third-order valence-electron chi connectivity index (χ3n) is 4.91. The fraction of sp³-hybridized carbons (Fsp3) is 0.500. The van der Waals surface area contributed by atoms with Gasteiger partial charge in [-0.1, -0.05) is 12.1 Å². The van der Waals surface area contributed by atoms with Crippen LogP contribution < -0.4 is 15.0 Å². The molecule has 1 N–H and O–H groups in total. The van der Waals surface area contributed by atoms with Gasteiger partial charge in [0, 0.05) is 31.6 Å². The maximum atomic E-state index is 12.1. The molecular formula is C20H25N3O4. The minimum absolute atomic E-state index is 0.0324. The van der Waals surface area contributed by atoms with Crippen LogP contribution in [0.3, 0.4) is 0 Å². The van der Waals surface area contributed by atoms with Crippen LogP contribution in [0, 0.1) is 0 Å². The van der Waals surface area contributed by atoms with Gasteiger partial charge >= 0.3 is 0 Å². The van der Waals surface area contributed by atoms with Crippen molar-refractivity contribution in [1.29, 1.82) is 0 Å². The highest BCUT2D eigenvalue weighted by atomic mass is 16.5. The summed E-state index contributed by atoms with van der Waals surface area (Å²) in [7, 11) is 0. The van der Waals surface area contributed by atoms with Crippen LogP contribution in [0.2, 0.25) is 0 Å². The second kappa shape index (κ2) is 8.54. The SMILES string of the molecule is O=C(COc1cccc2ccc(N3CCOCC3)nc12)NC[C@H]1CCCO1. The number of nitrogens with zero attached hydrogens (tertiary/aromatic N) is 2. The zero-order chi connectivity index (χ0) is 18.5. The van der Waals surface area contributed by atoms with E-state index in [-0.39, 0.29) is 18.6 Å². The smallest absolute Gasteiger partial charge is 0.258 e. The fourth-order valence-corrected chi connectivity index (χ4v) is 3.42. The molecule has 0 saturated carbocycles. The summed E-state index contributed by atoms with van der Waals surface area (Å²) < 4.78 is 16.7. The number of benzene rings is 1. The van der Waals surface area contributed by atoms with E-state index in [0.29, 0.717) is 25.5 Å². The van der Waals surface area contributed by atoms with Crippen molar-refractivity contribution in [2.75, 3.05) is 51.0 Å². The number of fused-ring (bicyclic) bond motifs is 1. The zero-order valence-electron chi connectivity index (χ0n) is 15.4. The van der Waals surface area contributed by atoms with Gasteiger partial charge in [0.2, 0.25) is 0 Å². The monoisotopic (exact) mass is 371 g/mol. The Kier molecular flexibility index (Phi) is 5.69. The number of nitrogens with one attached hydrogen (secondary N) is 1. The number of hydrogen-bond acceptors (Lipinski definition) is 6. The van der Waals surface area contributed by atoms with Crippen molar-refractivity contribution in [3.63, 3.8) is 0 Å². The lowest BCUT2D eigenvalue weighted by Gasteiger charge is -2.28. The summed E-state index contributed by atoms with van der Waals surface area (Å²) >= 11 is 0. The second-order valence-corrected chi connectivity index (χ2v) is 6.82. The normalized spacial score (nSPS) is 20.0. The maximum absolute atomic E-state index is 12.1. The molecule has 0 aliphatic carbocycles. The molecule has 1 aromatic heterocycles. The molecule has 4 rings (SSSR count). The molecule has 7 heteroatoms. The van der Waals surface area contributed by atoms with E-state index in [1.165, 1.54) is 0 Å². The lowest BCUT2D eigenvalue weighted by Crippen LogP contribution is -2.36. The Morgan fingerprint density at radius 3 is 2.93 bits per heavy atom. The van der Waals surface area contributed by atoms with Crippen molar-refractivity contribution < 1.29 is 19.0 Å². The topological polar surface area (TPSA) is 72.9 Å². The van der Waals surface area contributed by atoms with Gasteiger partial charge in [0.25, 0.3) is 5.91 Å². The number of amides is 1. The van der Waals surface area contributed by atoms with Crippen molar-refractivity contribution >= 4 is 22.6 Å². The zero-order valence-corrected chi connectivity index (χ0v) is 15.4. The quantitative estimate of drug-likeness (QED) is 0.834. The largest absolute Gasteiger partial charge is 0.481 e. The molecule has 0 unspecified atom stereocenters. The highest BCUT2D eigenvalue weighted by Gasteiger charge is 2.17. The molecule has 0 bridgehead atoms. The van der Waals surface area contributed by atoms with Crippen LogP contribution in [-0.4, -0.2) is 63.1 Å². The summed E-state index contributed by atoms with van der Waals surface area (Å²) in [5, 5.41) is 3.86. The summed E-state index contributed by atoms with van der Waals surface area (Å²) in [4.78, 5) is 19.1. The second-order valence-electron chi connectivity index (χ2n) is 6.82. The summed E-state index contributed by atoms with van der Waals surface area (Å²) in [5.41, 5.74) is 0.772. The van der Waals surface area contributed by atoms with Crippen molar-refractivity contribution in [2.24, 2.45) is 0 Å². The van der Waals surface area contributed by atoms with Crippen LogP contribution in [0.1, 0.15) is 12.8 Å². The number of carbonyl (C=O) groups excluding carboxylic acids is 1. The molecule has 1 aromatic carbocycles. The van der Waals surface area contributed by atoms with Crippen LogP contribution in [0.25, 0.3) is 10.9 Å². The Balaban J connectivity index is 1.41. The fourth-order valence-electron chi connectivity index (χ4n) is 3.42. The molecule has 0 radical (unpaired) electrons. The highest BCUT2D eigenvalue weighted by Crippen LogP contribution is 2.26. The number of ether oxygens (including phenoxy) is 3. The third-order valence-corrected chi connectivity index (χ3v) is 4.91. The Morgan fingerprint density at radius 2 is 2.11 bits per heavy atom. The number of rotatable bonds is 6. The Hall–Kier alpha value is -2.38. The van der Waals surface area contributed by atoms with E-state index < -0.39 is 0 Å². The molecule has 7 nitrogen and oxygen atoms in total. The summed E-state index contributed by atoms with van der Waals surface area (Å²) in [6.45, 7) is 4.36. The van der Waals surface area contributed by atoms with Gasteiger partial charge in [-0.2, -0.15) is 0 Å². The van der Waals surface area contributed by atoms with Gasteiger partial charge in [-0.15, -0.1) is 0 Å². The first-order valence-electron chi connectivity index (χ1n) is 9.53. The van der Waals surface area contributed by atoms with E-state index in [9.17, 15) is 4.79 Å². The standard InChI is InChI=1S/C20H25N3O4/c24-19(21-13-16-4-2-10-26-16)14-27-17-5-1-3-15-6-7-18(22-20(15)17)23-8-11-25-12-9-23/h1,3,5-7,16H,2,4,8-14H2,(H,21,24)/t16-/m1/s1. The molecule has 1 amide bonds. The lowest BCUT2D eigenvalue weighted by atomic mass is 10.2. The Bertz CT molecular complexity index is 786. The minimum Gasteiger partial charge on any atom is -0.481 e. The molecule has 2 aliphatic rings. The summed E-state index contributed by atoms with van der Waals surface area (Å²) in [6, 6.07) is 9.82. The molecule has 1 atom stereocenters. The van der Waals surface area contributed by atoms with Gasteiger partial charge in [0.15, 0.2) is 6.61 Å². The van der Waals surface area contributed by atoms with E-state index in [2.05, 4.69) is 10.2 Å². The molecule has 144 valence electrons. The molecular weight excluding hydrogens is 346 g/mol. The maximum Gasteiger partial charge on any atom is 0.258 e. The number of hydrogen-bond donors (Lipinski definition) is 1. The van der Waals surface area contributed by atoms with Gasteiger partial charge in [-0.3, -0.25) is 4.79 Å². The minimum atomic E-state index is -0.146. The highest BCUT2D eigenvalue weighted by molar-refractivity contribution is 5.86. The van der Waals surface area contributed by atoms with Crippen molar-refractivity contribution in [3.05, 3.63) is 30.3 Å². The lowest BCUT2D eigenvalue weighted by molar-refractivity contribution is -0.123. The van der Waals surface area contributed by atoms with Crippen LogP contribution >= 0.6 is 0 Å². The number of anilines is 1. The van der Waals surface area contributed by atoms with Gasteiger partial charge in [0.1, 0.15) is 17.1 Å². The van der Waals surface area contributed by atoms with Crippen molar-refractivity contribution in [1.82, 2.24) is 10.3 Å². The molecule has 3 heterocycles. The van der Waals surface area contributed by atoms with E-state index in [4.69, 9.17) is 19.2 Å². The van der Waals surface area contributed by atoms with Gasteiger partial charge in [0.05, 0.1) is 19.3 Å². The van der Waals surface area contributed by atoms with Crippen molar-refractivity contribution in [2.45, 2.75) is 18.9 Å². The number of aromatic nitrogens is 1. The van der Waals surface area contributed by atoms with Crippen molar-refractivity contribution in [3.8, 4) is 5.75 Å². The van der Waals surface area contributed by atoms with Gasteiger partial charge in [-0.05, 0) is 31.0 Å². The summed E-state index contributed by atoms with van der Waals surface area (Å²) in [5.74, 6) is 1.38. The van der Waals surface area contributed by atoms with Crippen LogP contribution in [0.15, 0.2) is 30.3 Å². The average Bonchev–Trinajstić information content (AvgIpc) is 3.24. The van der Waals surface area contributed by atoms with E-state index in [1.807, 2.05) is 30.3 Å². The molecule has 0 spiro atoms. The molecule has 2 fully saturated rings. The summed E-state index contributed by atoms with van der Waals surface area (Å²) in [6.07, 6.45) is 2.19. The molecule has 2 aliphatic heterocycles. The van der Waals surface area contributed by atoms with E-state index in [1.54, 1.807) is 0 Å². The van der Waals surface area contributed by atoms with Crippen LogP contribution in [0.4, 0.5) is 5.82 Å².